The topological polar surface area (TPSA) is 99.8 Å². The molecule has 1 aromatic heterocycles. The molecule has 1 heterocycles. The molecule has 0 bridgehead atoms. The predicted octanol–water partition coefficient (Wildman–Crippen LogP) is 2.72. The number of alkyl halides is 3. The number of hydrogen-bond acceptors (Lipinski definition) is 6. The first-order chi connectivity index (χ1) is 14.7. The van der Waals surface area contributed by atoms with E-state index in [-0.39, 0.29) is 33.5 Å². The summed E-state index contributed by atoms with van der Waals surface area (Å²) >= 11 is 6.08. The lowest BCUT2D eigenvalue weighted by Crippen LogP contribution is -2.40. The van der Waals surface area contributed by atoms with Gasteiger partial charge in [0.1, 0.15) is 12.3 Å². The van der Waals surface area contributed by atoms with Crippen molar-refractivity contribution in [2.45, 2.75) is 31.9 Å². The number of aliphatic hydroxyl groups is 1. The average molecular weight is 477 g/mol. The fraction of sp³-hybridized carbons (Fsp3) is 0.350. The Morgan fingerprint density at radius 2 is 1.91 bits per heavy atom. The van der Waals surface area contributed by atoms with Crippen LogP contribution < -0.4 is 11.2 Å². The summed E-state index contributed by atoms with van der Waals surface area (Å²) in [4.78, 5) is 36.9. The minimum Gasteiger partial charge on any atom is -0.459 e. The van der Waals surface area contributed by atoms with E-state index < -0.39 is 41.0 Å². The molecule has 1 aromatic carbocycles. The second kappa shape index (κ2) is 9.31. The third-order valence-corrected chi connectivity index (χ3v) is 4.69. The second-order valence-electron chi connectivity index (χ2n) is 7.12. The van der Waals surface area contributed by atoms with Crippen molar-refractivity contribution in [1.82, 2.24) is 9.13 Å². The van der Waals surface area contributed by atoms with Gasteiger partial charge in [0.05, 0.1) is 5.69 Å². The van der Waals surface area contributed by atoms with Gasteiger partial charge in [-0.15, -0.1) is 0 Å². The first kappa shape index (κ1) is 25.4. The highest BCUT2D eigenvalue weighted by Gasteiger charge is 2.36. The van der Waals surface area contributed by atoms with Crippen molar-refractivity contribution in [3.8, 4) is 5.69 Å². The van der Waals surface area contributed by atoms with Gasteiger partial charge in [0, 0.05) is 23.7 Å². The van der Waals surface area contributed by atoms with Gasteiger partial charge >= 0.3 is 17.8 Å². The molecule has 0 spiro atoms. The average Bonchev–Trinajstić information content (AvgIpc) is 2.68. The predicted molar refractivity (Wildman–Crippen MR) is 109 cm³/mol. The minimum absolute atomic E-state index is 0.0479. The Kier molecular flexibility index (Phi) is 7.38. The summed E-state index contributed by atoms with van der Waals surface area (Å²) in [7, 11) is 0.868. The summed E-state index contributed by atoms with van der Waals surface area (Å²) in [5.74, 6) is -0.809. The molecule has 32 heavy (non-hydrogen) atoms. The number of hydrogen-bond donors (Lipinski definition) is 1. The van der Waals surface area contributed by atoms with E-state index >= 15 is 0 Å². The number of aliphatic hydroxyl groups excluding tert-OH is 1. The van der Waals surface area contributed by atoms with Crippen molar-refractivity contribution in [2.75, 3.05) is 6.61 Å². The van der Waals surface area contributed by atoms with Crippen LogP contribution in [0.25, 0.3) is 5.69 Å². The fourth-order valence-electron chi connectivity index (χ4n) is 2.69. The summed E-state index contributed by atoms with van der Waals surface area (Å²) in [5.41, 5.74) is -5.84. The molecule has 0 fully saturated rings. The summed E-state index contributed by atoms with van der Waals surface area (Å²) in [6.07, 6.45) is -5.37. The fourth-order valence-corrected chi connectivity index (χ4v) is 2.90. The highest BCUT2D eigenvalue weighted by Crippen LogP contribution is 2.30. The van der Waals surface area contributed by atoms with Crippen LogP contribution in [-0.4, -0.2) is 32.4 Å². The van der Waals surface area contributed by atoms with Crippen LogP contribution in [0, 0.1) is 0 Å². The Bertz CT molecular complexity index is 1150. The number of carbonyl (C=O) groups is 1. The number of esters is 1. The molecule has 2 rings (SSSR count). The van der Waals surface area contributed by atoms with Crippen LogP contribution in [0.5, 0.6) is 0 Å². The van der Waals surface area contributed by atoms with E-state index in [1.807, 2.05) is 0 Å². The standard InChI is InChI=1S/C20H20ClF3N2O6/c1-5-8-31-17(29)19(2,3)32-16(28)12-9-11(6-7-13(12)21)26-15(27)10-14(20(22,23)24)25(4)18(26)30/h5-7,9-10,16,28H,1,8H2,2-4H3. The molecule has 1 atom stereocenters. The number of aromatic nitrogens is 2. The van der Waals surface area contributed by atoms with Crippen LogP contribution in [0.3, 0.4) is 0 Å². The molecule has 0 saturated carbocycles. The summed E-state index contributed by atoms with van der Waals surface area (Å²) in [5, 5.41) is 10.4. The van der Waals surface area contributed by atoms with Gasteiger partial charge in [-0.3, -0.25) is 9.36 Å². The summed E-state index contributed by atoms with van der Waals surface area (Å²) in [6.45, 7) is 5.98. The second-order valence-corrected chi connectivity index (χ2v) is 7.52. The van der Waals surface area contributed by atoms with Crippen LogP contribution in [-0.2, 0) is 27.5 Å². The minimum atomic E-state index is -4.91. The lowest BCUT2D eigenvalue weighted by atomic mass is 10.1. The van der Waals surface area contributed by atoms with Crippen LogP contribution in [0.1, 0.15) is 31.4 Å². The summed E-state index contributed by atoms with van der Waals surface area (Å²) in [6, 6.07) is 3.79. The van der Waals surface area contributed by atoms with Gasteiger partial charge in [-0.2, -0.15) is 13.2 Å². The number of ether oxygens (including phenoxy) is 2. The van der Waals surface area contributed by atoms with Crippen LogP contribution in [0.2, 0.25) is 5.02 Å². The number of nitrogens with zero attached hydrogens (tertiary/aromatic N) is 2. The van der Waals surface area contributed by atoms with E-state index in [0.717, 1.165) is 13.1 Å². The van der Waals surface area contributed by atoms with Crippen LogP contribution in [0.15, 0.2) is 46.5 Å². The van der Waals surface area contributed by atoms with E-state index in [1.54, 1.807) is 0 Å². The molecule has 12 heteroatoms. The maximum Gasteiger partial charge on any atom is 0.431 e. The highest BCUT2D eigenvalue weighted by atomic mass is 35.5. The normalized spacial score (nSPS) is 13.0. The van der Waals surface area contributed by atoms with E-state index in [1.165, 1.54) is 32.1 Å². The molecule has 174 valence electrons. The number of halogens is 4. The molecule has 0 aliphatic rings. The van der Waals surface area contributed by atoms with Crippen molar-refractivity contribution < 1.29 is 32.5 Å². The van der Waals surface area contributed by atoms with E-state index in [9.17, 15) is 32.7 Å². The van der Waals surface area contributed by atoms with E-state index in [2.05, 4.69) is 6.58 Å². The van der Waals surface area contributed by atoms with Gasteiger partial charge in [0.2, 0.25) is 0 Å². The van der Waals surface area contributed by atoms with Gasteiger partial charge in [-0.25, -0.2) is 14.2 Å². The zero-order valence-electron chi connectivity index (χ0n) is 17.3. The van der Waals surface area contributed by atoms with Crippen molar-refractivity contribution >= 4 is 17.6 Å². The number of rotatable bonds is 7. The van der Waals surface area contributed by atoms with Gasteiger partial charge < -0.3 is 14.6 Å². The lowest BCUT2D eigenvalue weighted by Gasteiger charge is -2.27. The van der Waals surface area contributed by atoms with Gasteiger partial charge in [0.25, 0.3) is 5.56 Å². The molecule has 0 radical (unpaired) electrons. The van der Waals surface area contributed by atoms with Gasteiger partial charge in [-0.05, 0) is 32.0 Å². The van der Waals surface area contributed by atoms with Crippen molar-refractivity contribution in [3.63, 3.8) is 0 Å². The first-order valence-corrected chi connectivity index (χ1v) is 9.42. The zero-order chi connectivity index (χ0) is 24.4. The number of carbonyl (C=O) groups excluding carboxylic acids is 1. The Morgan fingerprint density at radius 1 is 1.28 bits per heavy atom. The van der Waals surface area contributed by atoms with Crippen LogP contribution in [0.4, 0.5) is 13.2 Å². The van der Waals surface area contributed by atoms with E-state index in [4.69, 9.17) is 21.1 Å². The van der Waals surface area contributed by atoms with Crippen LogP contribution >= 0.6 is 11.6 Å². The maximum absolute atomic E-state index is 13.0. The molecule has 0 saturated heterocycles. The third-order valence-electron chi connectivity index (χ3n) is 4.34. The smallest absolute Gasteiger partial charge is 0.431 e. The molecule has 8 nitrogen and oxygen atoms in total. The van der Waals surface area contributed by atoms with Gasteiger partial charge in [0.15, 0.2) is 11.9 Å². The zero-order valence-corrected chi connectivity index (χ0v) is 18.0. The Hall–Kier alpha value is -2.89. The molecule has 1 N–H and O–H groups in total. The quantitative estimate of drug-likeness (QED) is 0.375. The largest absolute Gasteiger partial charge is 0.459 e. The Labute approximate surface area is 185 Å². The highest BCUT2D eigenvalue weighted by molar-refractivity contribution is 6.31. The lowest BCUT2D eigenvalue weighted by molar-refractivity contribution is -0.203. The molecular formula is C20H20ClF3N2O6. The molecular weight excluding hydrogens is 457 g/mol. The maximum atomic E-state index is 13.0. The Balaban J connectivity index is 2.50. The third kappa shape index (κ3) is 5.29. The monoisotopic (exact) mass is 476 g/mol. The molecule has 0 amide bonds. The van der Waals surface area contributed by atoms with Crippen molar-refractivity contribution in [3.05, 3.63) is 74.0 Å². The molecule has 1 unspecified atom stereocenters. The van der Waals surface area contributed by atoms with Crippen molar-refractivity contribution in [1.29, 1.82) is 0 Å². The first-order valence-electron chi connectivity index (χ1n) is 9.04. The number of benzene rings is 1. The molecule has 0 aliphatic heterocycles. The Morgan fingerprint density at radius 3 is 2.47 bits per heavy atom. The van der Waals surface area contributed by atoms with Gasteiger partial charge in [-0.1, -0.05) is 24.3 Å². The van der Waals surface area contributed by atoms with Crippen molar-refractivity contribution in [2.24, 2.45) is 7.05 Å². The molecule has 2 aromatic rings. The molecule has 0 aliphatic carbocycles. The SMILES string of the molecule is C=CCOC(=O)C(C)(C)OC(O)c1cc(-n2c(=O)cc(C(F)(F)F)n(C)c2=O)ccc1Cl. The van der Waals surface area contributed by atoms with E-state index in [0.29, 0.717) is 4.57 Å². The summed E-state index contributed by atoms with van der Waals surface area (Å²) < 4.78 is 50.1.